The molecule has 0 bridgehead atoms. The number of nitrogens with zero attached hydrogens (tertiary/aromatic N) is 1. The van der Waals surface area contributed by atoms with Crippen molar-refractivity contribution in [3.63, 3.8) is 0 Å². The molecule has 0 fully saturated rings. The zero-order valence-electron chi connectivity index (χ0n) is 5.91. The van der Waals surface area contributed by atoms with E-state index in [0.29, 0.717) is 0 Å². The first-order chi connectivity index (χ1) is 5.99. The summed E-state index contributed by atoms with van der Waals surface area (Å²) in [6.07, 6.45) is 1.29. The van der Waals surface area contributed by atoms with Gasteiger partial charge >= 0.3 is 10.4 Å². The Morgan fingerprint density at radius 2 is 2.15 bits per heavy atom. The number of aromatic amines is 1. The van der Waals surface area contributed by atoms with E-state index >= 15 is 0 Å². The molecule has 0 unspecified atom stereocenters. The van der Waals surface area contributed by atoms with Crippen LogP contribution in [0.1, 0.15) is 0 Å². The monoisotopic (exact) mass is 228 g/mol. The van der Waals surface area contributed by atoms with Gasteiger partial charge in [0, 0.05) is 12.3 Å². The van der Waals surface area contributed by atoms with Crippen LogP contribution in [0, 0.1) is 0 Å². The molecule has 1 N–H and O–H groups in total. The first kappa shape index (κ1) is 9.95. The van der Waals surface area contributed by atoms with Crippen LogP contribution in [-0.4, -0.2) is 27.0 Å². The molecular formula is C3H4N2O6S2. The molecule has 0 amide bonds. The smallest absolute Gasteiger partial charge is 0.339 e. The fourth-order valence-electron chi connectivity index (χ4n) is 0.487. The third-order valence-electron chi connectivity index (χ3n) is 0.815. The highest BCUT2D eigenvalue weighted by Crippen LogP contribution is 2.07. The molecule has 0 saturated heterocycles. The molecule has 0 spiro atoms. The van der Waals surface area contributed by atoms with Crippen LogP contribution >= 0.6 is 0 Å². The van der Waals surface area contributed by atoms with Crippen molar-refractivity contribution in [3.8, 4) is 5.88 Å². The number of rotatable bonds is 4. The van der Waals surface area contributed by atoms with Crippen molar-refractivity contribution in [2.45, 2.75) is 0 Å². The molecule has 1 rings (SSSR count). The van der Waals surface area contributed by atoms with Gasteiger partial charge in [0.15, 0.2) is 0 Å². The summed E-state index contributed by atoms with van der Waals surface area (Å²) < 4.78 is 48.5. The Morgan fingerprint density at radius 3 is 2.62 bits per heavy atom. The van der Waals surface area contributed by atoms with Crippen molar-refractivity contribution in [2.75, 3.05) is 0 Å². The summed E-state index contributed by atoms with van der Waals surface area (Å²) in [5.74, 6) is -0.308. The molecule has 1 aromatic heterocycles. The van der Waals surface area contributed by atoms with Gasteiger partial charge in [-0.15, -0.1) is 8.73 Å². The summed E-state index contributed by atoms with van der Waals surface area (Å²) in [6, 6.07) is 1.18. The van der Waals surface area contributed by atoms with E-state index in [-0.39, 0.29) is 5.88 Å². The molecule has 13 heavy (non-hydrogen) atoms. The van der Waals surface area contributed by atoms with Crippen molar-refractivity contribution >= 4 is 21.4 Å². The van der Waals surface area contributed by atoms with Crippen molar-refractivity contribution < 1.29 is 24.6 Å². The van der Waals surface area contributed by atoms with Gasteiger partial charge in [-0.25, -0.2) is 8.42 Å². The van der Waals surface area contributed by atoms with E-state index in [1.807, 2.05) is 0 Å². The van der Waals surface area contributed by atoms with Gasteiger partial charge in [0.1, 0.15) is 0 Å². The van der Waals surface area contributed by atoms with Crippen molar-refractivity contribution in [1.29, 1.82) is 0 Å². The minimum atomic E-state index is -4.58. The molecular weight excluding hydrogens is 224 g/mol. The highest BCUT2D eigenvalue weighted by Gasteiger charge is 2.16. The average molecular weight is 228 g/mol. The predicted molar refractivity (Wildman–Crippen MR) is 39.5 cm³/mol. The Labute approximate surface area is 75.0 Å². The van der Waals surface area contributed by atoms with Crippen LogP contribution in [0.15, 0.2) is 12.3 Å². The third kappa shape index (κ3) is 3.40. The minimum Gasteiger partial charge on any atom is -0.339 e. The van der Waals surface area contributed by atoms with E-state index in [9.17, 15) is 16.8 Å². The van der Waals surface area contributed by atoms with Crippen LogP contribution in [0.5, 0.6) is 5.88 Å². The Bertz CT molecular complexity index is 422. The van der Waals surface area contributed by atoms with Gasteiger partial charge in [0.25, 0.3) is 16.9 Å². The van der Waals surface area contributed by atoms with Crippen LogP contribution in [-0.2, 0) is 25.0 Å². The Morgan fingerprint density at radius 1 is 1.46 bits per heavy atom. The van der Waals surface area contributed by atoms with Crippen LogP contribution < -0.4 is 4.18 Å². The Kier molecular flexibility index (Phi) is 2.85. The molecule has 0 atom stereocenters. The lowest BCUT2D eigenvalue weighted by Crippen LogP contribution is -2.12. The molecule has 1 aromatic rings. The lowest BCUT2D eigenvalue weighted by atomic mass is 10.7. The topological polar surface area (TPSA) is 115 Å². The van der Waals surface area contributed by atoms with Gasteiger partial charge in [-0.1, -0.05) is 0 Å². The summed E-state index contributed by atoms with van der Waals surface area (Å²) in [5.41, 5.74) is 0. The highest BCUT2D eigenvalue weighted by atomic mass is 32.3. The number of hydrogen-bond acceptors (Lipinski definition) is 7. The number of aromatic nitrogens is 2. The molecule has 0 aromatic carbocycles. The van der Waals surface area contributed by atoms with Gasteiger partial charge in [-0.3, -0.25) is 5.10 Å². The first-order valence-electron chi connectivity index (χ1n) is 2.78. The van der Waals surface area contributed by atoms with Crippen molar-refractivity contribution in [1.82, 2.24) is 10.2 Å². The van der Waals surface area contributed by atoms with Gasteiger partial charge in [-0.05, 0) is 0 Å². The lowest BCUT2D eigenvalue weighted by Gasteiger charge is -1.97. The standard InChI is InChI=1S/C3H4N2O6S2/c6-12(7)11-13(8,9)10-3-1-2-4-5-3/h1-2,12H,(H,4,5). The number of H-pyrrole nitrogens is 1. The molecule has 0 aliphatic heterocycles. The molecule has 0 saturated carbocycles. The zero-order chi connectivity index (χ0) is 9.90. The predicted octanol–water partition coefficient (Wildman–Crippen LogP) is -1.42. The average Bonchev–Trinajstić information content (AvgIpc) is 2.34. The first-order valence-corrected chi connectivity index (χ1v) is 5.21. The third-order valence-corrected chi connectivity index (χ3v) is 2.41. The SMILES string of the molecule is O=[SH](=O)OS(=O)(=O)Oc1cc[nH]n1. The second-order valence-electron chi connectivity index (χ2n) is 1.70. The molecule has 0 aliphatic rings. The van der Waals surface area contributed by atoms with Gasteiger partial charge < -0.3 is 4.18 Å². The summed E-state index contributed by atoms with van der Waals surface area (Å²) in [7, 11) is -8.10. The summed E-state index contributed by atoms with van der Waals surface area (Å²) in [5, 5.41) is 5.57. The van der Waals surface area contributed by atoms with E-state index < -0.39 is 21.4 Å². The Hall–Kier alpha value is -1.13. The maximum atomic E-state index is 10.6. The van der Waals surface area contributed by atoms with E-state index in [1.165, 1.54) is 12.3 Å². The molecule has 0 aliphatic carbocycles. The fraction of sp³-hybridized carbons (Fsp3) is 0. The van der Waals surface area contributed by atoms with Crippen molar-refractivity contribution in [2.24, 2.45) is 0 Å². The summed E-state index contributed by atoms with van der Waals surface area (Å²) in [6.45, 7) is 0. The van der Waals surface area contributed by atoms with Gasteiger partial charge in [0.2, 0.25) is 0 Å². The number of thiol groups is 1. The van der Waals surface area contributed by atoms with Crippen LogP contribution in [0.4, 0.5) is 0 Å². The van der Waals surface area contributed by atoms with E-state index in [0.717, 1.165) is 0 Å². The molecule has 10 heteroatoms. The second-order valence-corrected chi connectivity index (χ2v) is 3.73. The van der Waals surface area contributed by atoms with E-state index in [1.54, 1.807) is 0 Å². The molecule has 0 radical (unpaired) electrons. The summed E-state index contributed by atoms with van der Waals surface area (Å²) >= 11 is 0. The van der Waals surface area contributed by atoms with E-state index in [2.05, 4.69) is 18.0 Å². The molecule has 74 valence electrons. The molecule has 8 nitrogen and oxygen atoms in total. The minimum absolute atomic E-state index is 0.308. The van der Waals surface area contributed by atoms with E-state index in [4.69, 9.17) is 0 Å². The zero-order valence-corrected chi connectivity index (χ0v) is 7.62. The van der Waals surface area contributed by atoms with Gasteiger partial charge in [0.05, 0.1) is 0 Å². The maximum Gasteiger partial charge on any atom is 0.465 e. The highest BCUT2D eigenvalue weighted by molar-refractivity contribution is 7.90. The number of nitrogens with one attached hydrogen (secondary N) is 1. The quantitative estimate of drug-likeness (QED) is 0.607. The van der Waals surface area contributed by atoms with Gasteiger partial charge in [-0.2, -0.15) is 8.42 Å². The van der Waals surface area contributed by atoms with Crippen LogP contribution in [0.2, 0.25) is 0 Å². The Balaban J connectivity index is 2.74. The number of hydrogen-bond donors (Lipinski definition) is 2. The lowest BCUT2D eigenvalue weighted by molar-refractivity contribution is 0.390. The fourth-order valence-corrected chi connectivity index (χ4v) is 1.51. The van der Waals surface area contributed by atoms with Crippen LogP contribution in [0.25, 0.3) is 0 Å². The molecule has 1 heterocycles. The van der Waals surface area contributed by atoms with Crippen molar-refractivity contribution in [3.05, 3.63) is 12.3 Å². The normalized spacial score (nSPS) is 11.8. The maximum absolute atomic E-state index is 10.6. The largest absolute Gasteiger partial charge is 0.465 e. The second kappa shape index (κ2) is 3.72. The summed E-state index contributed by atoms with van der Waals surface area (Å²) in [4.78, 5) is 0. The van der Waals surface area contributed by atoms with Crippen LogP contribution in [0.3, 0.4) is 0 Å².